The van der Waals surface area contributed by atoms with Crippen LogP contribution in [-0.4, -0.2) is 15.5 Å². The van der Waals surface area contributed by atoms with E-state index in [1.807, 2.05) is 32.0 Å². The lowest BCUT2D eigenvalue weighted by Crippen LogP contribution is -2.30. The van der Waals surface area contributed by atoms with Crippen LogP contribution >= 0.6 is 0 Å². The molecule has 7 heteroatoms. The highest BCUT2D eigenvalue weighted by Crippen LogP contribution is 2.19. The van der Waals surface area contributed by atoms with Gasteiger partial charge in [-0.3, -0.25) is 14.2 Å². The number of nitrogens with one attached hydrogen (secondary N) is 2. The minimum absolute atomic E-state index is 0.206. The smallest absolute Gasteiger partial charge is 0.255 e. The van der Waals surface area contributed by atoms with Gasteiger partial charge in [0.2, 0.25) is 11.9 Å². The first-order valence-corrected chi connectivity index (χ1v) is 9.22. The summed E-state index contributed by atoms with van der Waals surface area (Å²) in [6, 6.07) is 11.5. The van der Waals surface area contributed by atoms with Crippen LogP contribution in [0.1, 0.15) is 22.4 Å². The largest absolute Gasteiger partial charge is 0.326 e. The zero-order valence-electron chi connectivity index (χ0n) is 16.8. The molecule has 0 unspecified atom stereocenters. The second kappa shape index (κ2) is 8.26. The quantitative estimate of drug-likeness (QED) is 0.686. The summed E-state index contributed by atoms with van der Waals surface area (Å²) in [4.78, 5) is 29.5. The first-order chi connectivity index (χ1) is 13.7. The van der Waals surface area contributed by atoms with E-state index in [0.717, 1.165) is 11.1 Å². The van der Waals surface area contributed by atoms with Crippen molar-refractivity contribution in [3.05, 3.63) is 81.0 Å². The summed E-state index contributed by atoms with van der Waals surface area (Å²) < 4.78 is 14.8. The number of aromatic nitrogens is 2. The number of carbonyl (C=O) groups is 1. The van der Waals surface area contributed by atoms with Gasteiger partial charge in [-0.05, 0) is 68.7 Å². The second-order valence-corrected chi connectivity index (χ2v) is 7.03. The minimum atomic E-state index is -0.352. The number of benzene rings is 2. The maximum absolute atomic E-state index is 13.5. The monoisotopic (exact) mass is 394 g/mol. The SMILES string of the molecule is Cc1cc(=O)n(CC(=O)Nc2cccc(C)c2C)c(Nc2ccc(F)c(C)c2)n1. The van der Waals surface area contributed by atoms with Crippen molar-refractivity contribution < 1.29 is 9.18 Å². The molecule has 0 aliphatic carbocycles. The van der Waals surface area contributed by atoms with Crippen molar-refractivity contribution in [1.82, 2.24) is 9.55 Å². The van der Waals surface area contributed by atoms with Crippen LogP contribution in [0.15, 0.2) is 47.3 Å². The van der Waals surface area contributed by atoms with E-state index >= 15 is 0 Å². The predicted octanol–water partition coefficient (Wildman–Crippen LogP) is 4.00. The van der Waals surface area contributed by atoms with E-state index in [4.69, 9.17) is 0 Å². The first-order valence-electron chi connectivity index (χ1n) is 9.22. The van der Waals surface area contributed by atoms with Crippen LogP contribution in [-0.2, 0) is 11.3 Å². The number of anilines is 3. The summed E-state index contributed by atoms with van der Waals surface area (Å²) in [5.41, 5.74) is 3.93. The molecule has 1 amide bonds. The highest BCUT2D eigenvalue weighted by atomic mass is 19.1. The highest BCUT2D eigenvalue weighted by molar-refractivity contribution is 5.91. The van der Waals surface area contributed by atoms with Crippen molar-refractivity contribution >= 4 is 23.2 Å². The number of carbonyl (C=O) groups excluding carboxylic acids is 1. The van der Waals surface area contributed by atoms with E-state index in [2.05, 4.69) is 15.6 Å². The third kappa shape index (κ3) is 4.68. The molecule has 6 nitrogen and oxygen atoms in total. The van der Waals surface area contributed by atoms with Gasteiger partial charge in [0.25, 0.3) is 5.56 Å². The van der Waals surface area contributed by atoms with Crippen LogP contribution in [0.3, 0.4) is 0 Å². The summed E-state index contributed by atoms with van der Waals surface area (Å²) in [6.45, 7) is 7.03. The molecule has 1 heterocycles. The van der Waals surface area contributed by atoms with Crippen molar-refractivity contribution in [2.75, 3.05) is 10.6 Å². The van der Waals surface area contributed by atoms with Gasteiger partial charge in [-0.1, -0.05) is 12.1 Å². The number of aryl methyl sites for hydroxylation is 3. The van der Waals surface area contributed by atoms with Crippen molar-refractivity contribution in [3.63, 3.8) is 0 Å². The molecule has 2 N–H and O–H groups in total. The average Bonchev–Trinajstić information content (AvgIpc) is 2.65. The Labute approximate surface area is 168 Å². The van der Waals surface area contributed by atoms with Crippen LogP contribution < -0.4 is 16.2 Å². The molecule has 3 rings (SSSR count). The topological polar surface area (TPSA) is 76.0 Å². The molecule has 150 valence electrons. The Bertz CT molecular complexity index is 1140. The van der Waals surface area contributed by atoms with Gasteiger partial charge in [-0.25, -0.2) is 9.37 Å². The summed E-state index contributed by atoms with van der Waals surface area (Å²) in [5, 5.41) is 5.86. The molecule has 0 aliphatic rings. The summed E-state index contributed by atoms with van der Waals surface area (Å²) in [5.74, 6) is -0.444. The molecule has 2 aromatic carbocycles. The van der Waals surface area contributed by atoms with Crippen LogP contribution in [0.4, 0.5) is 21.7 Å². The van der Waals surface area contributed by atoms with Crippen LogP contribution in [0.2, 0.25) is 0 Å². The first kappa shape index (κ1) is 20.3. The second-order valence-electron chi connectivity index (χ2n) is 7.03. The fraction of sp³-hybridized carbons (Fsp3) is 0.227. The Morgan fingerprint density at radius 3 is 2.55 bits per heavy atom. The molecule has 3 aromatic rings. The molecule has 0 aliphatic heterocycles. The number of halogens is 1. The molecular weight excluding hydrogens is 371 g/mol. The summed E-state index contributed by atoms with van der Waals surface area (Å²) in [6.07, 6.45) is 0. The fourth-order valence-electron chi connectivity index (χ4n) is 2.94. The molecule has 0 spiro atoms. The van der Waals surface area contributed by atoms with E-state index in [9.17, 15) is 14.0 Å². The Hall–Kier alpha value is -3.48. The maximum Gasteiger partial charge on any atom is 0.255 e. The van der Waals surface area contributed by atoms with Crippen LogP contribution in [0.5, 0.6) is 0 Å². The average molecular weight is 394 g/mol. The van der Waals surface area contributed by atoms with Crippen LogP contribution in [0.25, 0.3) is 0 Å². The van der Waals surface area contributed by atoms with Crippen molar-refractivity contribution in [1.29, 1.82) is 0 Å². The Morgan fingerprint density at radius 2 is 1.83 bits per heavy atom. The van der Waals surface area contributed by atoms with Crippen molar-refractivity contribution in [2.45, 2.75) is 34.2 Å². The van der Waals surface area contributed by atoms with E-state index in [1.165, 1.54) is 16.7 Å². The number of hydrogen-bond donors (Lipinski definition) is 2. The van der Waals surface area contributed by atoms with Gasteiger partial charge >= 0.3 is 0 Å². The molecule has 29 heavy (non-hydrogen) atoms. The minimum Gasteiger partial charge on any atom is -0.326 e. The Morgan fingerprint density at radius 1 is 1.07 bits per heavy atom. The molecule has 0 saturated carbocycles. The number of hydrogen-bond acceptors (Lipinski definition) is 4. The van der Waals surface area contributed by atoms with Gasteiger partial charge in [0, 0.05) is 23.1 Å². The van der Waals surface area contributed by atoms with Gasteiger partial charge in [-0.2, -0.15) is 0 Å². The maximum atomic E-state index is 13.5. The number of nitrogens with zero attached hydrogens (tertiary/aromatic N) is 2. The molecule has 1 aromatic heterocycles. The zero-order chi connectivity index (χ0) is 21.1. The van der Waals surface area contributed by atoms with E-state index in [-0.39, 0.29) is 29.8 Å². The van der Waals surface area contributed by atoms with E-state index < -0.39 is 0 Å². The summed E-state index contributed by atoms with van der Waals surface area (Å²) in [7, 11) is 0. The fourth-order valence-corrected chi connectivity index (χ4v) is 2.94. The third-order valence-corrected chi connectivity index (χ3v) is 4.73. The van der Waals surface area contributed by atoms with Gasteiger partial charge in [0.15, 0.2) is 0 Å². The van der Waals surface area contributed by atoms with Crippen molar-refractivity contribution in [2.24, 2.45) is 0 Å². The lowest BCUT2D eigenvalue weighted by molar-refractivity contribution is -0.116. The normalized spacial score (nSPS) is 10.7. The van der Waals surface area contributed by atoms with Gasteiger partial charge in [-0.15, -0.1) is 0 Å². The standard InChI is InChI=1S/C22H23FN4O2/c1-13-6-5-7-19(16(13)4)26-20(28)12-27-21(29)11-15(3)24-22(27)25-17-8-9-18(23)14(2)10-17/h5-11H,12H2,1-4H3,(H,24,25)(H,26,28). The van der Waals surface area contributed by atoms with E-state index in [0.29, 0.717) is 22.6 Å². The molecule has 0 bridgehead atoms. The zero-order valence-corrected chi connectivity index (χ0v) is 16.8. The molecule has 0 atom stereocenters. The predicted molar refractivity (Wildman–Crippen MR) is 112 cm³/mol. The van der Waals surface area contributed by atoms with Crippen LogP contribution in [0, 0.1) is 33.5 Å². The highest BCUT2D eigenvalue weighted by Gasteiger charge is 2.13. The Balaban J connectivity index is 1.88. The molecule has 0 saturated heterocycles. The molecular formula is C22H23FN4O2. The Kier molecular flexibility index (Phi) is 5.77. The van der Waals surface area contributed by atoms with E-state index in [1.54, 1.807) is 26.0 Å². The van der Waals surface area contributed by atoms with Gasteiger partial charge in [0.1, 0.15) is 12.4 Å². The number of rotatable bonds is 5. The number of amides is 1. The van der Waals surface area contributed by atoms with Crippen molar-refractivity contribution in [3.8, 4) is 0 Å². The van der Waals surface area contributed by atoms with Gasteiger partial charge in [0.05, 0.1) is 0 Å². The summed E-state index contributed by atoms with van der Waals surface area (Å²) >= 11 is 0. The molecule has 0 fully saturated rings. The third-order valence-electron chi connectivity index (χ3n) is 4.73. The lowest BCUT2D eigenvalue weighted by atomic mass is 10.1. The lowest BCUT2D eigenvalue weighted by Gasteiger charge is -2.15. The molecule has 0 radical (unpaired) electrons. The van der Waals surface area contributed by atoms with Gasteiger partial charge < -0.3 is 10.6 Å².